The Kier molecular flexibility index (Phi) is 3.31. The van der Waals surface area contributed by atoms with Crippen molar-refractivity contribution in [2.45, 2.75) is 32.2 Å². The highest BCUT2D eigenvalue weighted by Gasteiger charge is 2.21. The SMILES string of the molecule is CC1CCCCN1c1ccc(C(=N)N)cc1F. The smallest absolute Gasteiger partial charge is 0.147 e. The molecule has 1 saturated heterocycles. The van der Waals surface area contributed by atoms with Gasteiger partial charge < -0.3 is 10.6 Å². The molecule has 1 aromatic rings. The molecule has 0 aromatic heterocycles. The maximum absolute atomic E-state index is 14.0. The minimum Gasteiger partial charge on any atom is -0.384 e. The van der Waals surface area contributed by atoms with Crippen molar-refractivity contribution in [3.8, 4) is 0 Å². The Bertz CT molecular complexity index is 431. The first-order valence-electron chi connectivity index (χ1n) is 6.00. The molecule has 0 spiro atoms. The lowest BCUT2D eigenvalue weighted by Crippen LogP contribution is -2.38. The van der Waals surface area contributed by atoms with Crippen LogP contribution in [-0.4, -0.2) is 18.4 Å². The summed E-state index contributed by atoms with van der Waals surface area (Å²) in [4.78, 5) is 2.10. The van der Waals surface area contributed by atoms with Crippen LogP contribution in [0, 0.1) is 11.2 Å². The minimum atomic E-state index is -0.286. The molecule has 0 saturated carbocycles. The van der Waals surface area contributed by atoms with E-state index in [9.17, 15) is 4.39 Å². The third kappa shape index (κ3) is 2.40. The lowest BCUT2D eigenvalue weighted by atomic mass is 10.0. The van der Waals surface area contributed by atoms with Gasteiger partial charge in [0, 0.05) is 18.2 Å². The van der Waals surface area contributed by atoms with Crippen LogP contribution < -0.4 is 10.6 Å². The number of piperidine rings is 1. The van der Waals surface area contributed by atoms with E-state index in [4.69, 9.17) is 11.1 Å². The third-order valence-electron chi connectivity index (χ3n) is 3.37. The number of nitrogen functional groups attached to an aromatic ring is 1. The number of benzene rings is 1. The maximum Gasteiger partial charge on any atom is 0.147 e. The van der Waals surface area contributed by atoms with E-state index >= 15 is 0 Å². The second-order valence-corrected chi connectivity index (χ2v) is 4.62. The van der Waals surface area contributed by atoms with Crippen molar-refractivity contribution in [3.63, 3.8) is 0 Å². The molecule has 3 N–H and O–H groups in total. The van der Waals surface area contributed by atoms with Gasteiger partial charge in [-0.05, 0) is 44.4 Å². The number of anilines is 1. The molecule has 2 rings (SSSR count). The molecule has 1 atom stereocenters. The molecule has 0 aliphatic carbocycles. The summed E-state index contributed by atoms with van der Waals surface area (Å²) in [5.74, 6) is -0.381. The quantitative estimate of drug-likeness (QED) is 0.611. The Hall–Kier alpha value is -1.58. The van der Waals surface area contributed by atoms with Gasteiger partial charge in [-0.25, -0.2) is 4.39 Å². The van der Waals surface area contributed by atoms with Crippen molar-refractivity contribution in [3.05, 3.63) is 29.6 Å². The largest absolute Gasteiger partial charge is 0.384 e. The number of nitrogens with two attached hydrogens (primary N) is 1. The first-order chi connectivity index (χ1) is 8.09. The van der Waals surface area contributed by atoms with Gasteiger partial charge in [0.1, 0.15) is 11.7 Å². The average Bonchev–Trinajstić information content (AvgIpc) is 2.30. The molecule has 1 unspecified atom stereocenters. The van der Waals surface area contributed by atoms with E-state index in [1.54, 1.807) is 12.1 Å². The molecular weight excluding hydrogens is 217 g/mol. The maximum atomic E-state index is 14.0. The van der Waals surface area contributed by atoms with Gasteiger partial charge in [0.25, 0.3) is 0 Å². The number of halogens is 1. The first-order valence-corrected chi connectivity index (χ1v) is 6.00. The zero-order valence-electron chi connectivity index (χ0n) is 10.0. The molecule has 17 heavy (non-hydrogen) atoms. The number of hydrogen-bond donors (Lipinski definition) is 2. The van der Waals surface area contributed by atoms with Crippen LogP contribution in [0.1, 0.15) is 31.7 Å². The number of amidine groups is 1. The molecule has 3 nitrogen and oxygen atoms in total. The van der Waals surface area contributed by atoms with Crippen molar-refractivity contribution < 1.29 is 4.39 Å². The number of nitrogens with zero attached hydrogens (tertiary/aromatic N) is 1. The molecule has 0 amide bonds. The third-order valence-corrected chi connectivity index (χ3v) is 3.37. The molecule has 0 bridgehead atoms. The van der Waals surface area contributed by atoms with E-state index in [-0.39, 0.29) is 11.7 Å². The van der Waals surface area contributed by atoms with Crippen LogP contribution in [0.3, 0.4) is 0 Å². The van der Waals surface area contributed by atoms with Gasteiger partial charge in [-0.2, -0.15) is 0 Å². The second-order valence-electron chi connectivity index (χ2n) is 4.62. The van der Waals surface area contributed by atoms with E-state index in [1.807, 2.05) is 0 Å². The van der Waals surface area contributed by atoms with Crippen LogP contribution in [0.4, 0.5) is 10.1 Å². The number of hydrogen-bond acceptors (Lipinski definition) is 2. The number of rotatable bonds is 2. The normalized spacial score (nSPS) is 20.4. The van der Waals surface area contributed by atoms with E-state index in [0.29, 0.717) is 17.3 Å². The van der Waals surface area contributed by atoms with Gasteiger partial charge in [0.2, 0.25) is 0 Å². The van der Waals surface area contributed by atoms with E-state index in [1.165, 1.54) is 12.5 Å². The van der Waals surface area contributed by atoms with Crippen LogP contribution >= 0.6 is 0 Å². The predicted octanol–water partition coefficient (Wildman–Crippen LogP) is 2.49. The second kappa shape index (κ2) is 4.73. The predicted molar refractivity (Wildman–Crippen MR) is 68.1 cm³/mol. The summed E-state index contributed by atoms with van der Waals surface area (Å²) < 4.78 is 14.0. The van der Waals surface area contributed by atoms with Crippen LogP contribution in [0.5, 0.6) is 0 Å². The summed E-state index contributed by atoms with van der Waals surface area (Å²) >= 11 is 0. The van der Waals surface area contributed by atoms with E-state index in [0.717, 1.165) is 19.4 Å². The highest BCUT2D eigenvalue weighted by atomic mass is 19.1. The van der Waals surface area contributed by atoms with Crippen LogP contribution in [-0.2, 0) is 0 Å². The molecular formula is C13H18FN3. The molecule has 0 radical (unpaired) electrons. The molecule has 1 aromatic carbocycles. The van der Waals surface area contributed by atoms with Crippen LogP contribution in [0.2, 0.25) is 0 Å². The molecule has 1 heterocycles. The molecule has 4 heteroatoms. The standard InChI is InChI=1S/C13H18FN3/c1-9-4-2-3-7-17(9)12-6-5-10(13(15)16)8-11(12)14/h5-6,8-9H,2-4,7H2,1H3,(H3,15,16). The van der Waals surface area contributed by atoms with Crippen molar-refractivity contribution in [2.75, 3.05) is 11.4 Å². The average molecular weight is 235 g/mol. The van der Waals surface area contributed by atoms with Crippen molar-refractivity contribution in [1.29, 1.82) is 5.41 Å². The van der Waals surface area contributed by atoms with Gasteiger partial charge in [0.15, 0.2) is 0 Å². The van der Waals surface area contributed by atoms with Crippen LogP contribution in [0.15, 0.2) is 18.2 Å². The van der Waals surface area contributed by atoms with Crippen LogP contribution in [0.25, 0.3) is 0 Å². The summed E-state index contributed by atoms with van der Waals surface area (Å²) in [6.45, 7) is 3.02. The summed E-state index contributed by atoms with van der Waals surface area (Å²) in [5, 5.41) is 7.28. The highest BCUT2D eigenvalue weighted by molar-refractivity contribution is 5.95. The fourth-order valence-electron chi connectivity index (χ4n) is 2.36. The topological polar surface area (TPSA) is 53.1 Å². The fraction of sp³-hybridized carbons (Fsp3) is 0.462. The van der Waals surface area contributed by atoms with Crippen molar-refractivity contribution in [1.82, 2.24) is 0 Å². The monoisotopic (exact) mass is 235 g/mol. The Morgan fingerprint density at radius 1 is 1.47 bits per heavy atom. The van der Waals surface area contributed by atoms with Gasteiger partial charge in [-0.1, -0.05) is 0 Å². The van der Waals surface area contributed by atoms with Crippen molar-refractivity contribution >= 4 is 11.5 Å². The molecule has 92 valence electrons. The summed E-state index contributed by atoms with van der Waals surface area (Å²) in [6.07, 6.45) is 3.43. The Labute approximate surface area is 101 Å². The van der Waals surface area contributed by atoms with E-state index in [2.05, 4.69) is 11.8 Å². The lowest BCUT2D eigenvalue weighted by molar-refractivity contribution is 0.476. The lowest BCUT2D eigenvalue weighted by Gasteiger charge is -2.35. The summed E-state index contributed by atoms with van der Waals surface area (Å²) in [5.41, 5.74) is 6.41. The van der Waals surface area contributed by atoms with Gasteiger partial charge in [-0.3, -0.25) is 5.41 Å². The van der Waals surface area contributed by atoms with Gasteiger partial charge in [-0.15, -0.1) is 0 Å². The first kappa shape index (κ1) is 11.9. The van der Waals surface area contributed by atoms with Crippen molar-refractivity contribution in [2.24, 2.45) is 5.73 Å². The Morgan fingerprint density at radius 3 is 2.82 bits per heavy atom. The Morgan fingerprint density at radius 2 is 2.24 bits per heavy atom. The fourth-order valence-corrected chi connectivity index (χ4v) is 2.36. The summed E-state index contributed by atoms with van der Waals surface area (Å²) in [7, 11) is 0. The minimum absolute atomic E-state index is 0.0952. The molecule has 1 aliphatic rings. The zero-order chi connectivity index (χ0) is 12.4. The summed E-state index contributed by atoms with van der Waals surface area (Å²) in [6, 6.07) is 5.16. The molecule has 1 aliphatic heterocycles. The molecule has 1 fully saturated rings. The van der Waals surface area contributed by atoms with Gasteiger partial charge >= 0.3 is 0 Å². The van der Waals surface area contributed by atoms with Gasteiger partial charge in [0.05, 0.1) is 5.69 Å². The zero-order valence-corrected chi connectivity index (χ0v) is 10.0. The Balaban J connectivity index is 2.29. The number of nitrogens with one attached hydrogen (secondary N) is 1. The van der Waals surface area contributed by atoms with E-state index < -0.39 is 0 Å². The highest BCUT2D eigenvalue weighted by Crippen LogP contribution is 2.27.